The number of rotatable bonds is 5. The molecule has 0 aromatic heterocycles. The number of nitrogens with zero attached hydrogens (tertiary/aromatic N) is 1. The maximum Gasteiger partial charge on any atom is 0.224 e. The first-order valence-corrected chi connectivity index (χ1v) is 5.24. The molecule has 0 atom stereocenters. The molecule has 0 fully saturated rings. The molecule has 0 spiro atoms. The summed E-state index contributed by atoms with van der Waals surface area (Å²) in [6, 6.07) is 0.269. The minimum atomic E-state index is -0.185. The highest BCUT2D eigenvalue weighted by Crippen LogP contribution is 1.99. The minimum Gasteiger partial charge on any atom is -0.354 e. The Hall–Kier alpha value is -1.06. The van der Waals surface area contributed by atoms with Crippen LogP contribution in [0.2, 0.25) is 0 Å². The van der Waals surface area contributed by atoms with E-state index >= 15 is 0 Å². The molecule has 87 valence electrons. The fourth-order valence-electron chi connectivity index (χ4n) is 0.955. The van der Waals surface area contributed by atoms with Crippen LogP contribution >= 0.6 is 0 Å². The van der Waals surface area contributed by atoms with E-state index in [1.54, 1.807) is 11.9 Å². The molecule has 0 aromatic rings. The van der Waals surface area contributed by atoms with Crippen LogP contribution in [0.25, 0.3) is 0 Å². The highest BCUT2D eigenvalue weighted by Gasteiger charge is 2.13. The topological polar surface area (TPSA) is 49.4 Å². The van der Waals surface area contributed by atoms with Gasteiger partial charge in [0.2, 0.25) is 11.8 Å². The minimum absolute atomic E-state index is 0.0380. The average Bonchev–Trinajstić information content (AvgIpc) is 2.11. The molecular weight excluding hydrogens is 192 g/mol. The Kier molecular flexibility index (Phi) is 5.97. The summed E-state index contributed by atoms with van der Waals surface area (Å²) < 4.78 is 0. The quantitative estimate of drug-likeness (QED) is 0.740. The van der Waals surface area contributed by atoms with Gasteiger partial charge in [0.15, 0.2) is 0 Å². The lowest BCUT2D eigenvalue weighted by Gasteiger charge is -2.21. The van der Waals surface area contributed by atoms with E-state index in [9.17, 15) is 9.59 Å². The molecule has 0 aliphatic carbocycles. The largest absolute Gasteiger partial charge is 0.354 e. The third kappa shape index (κ3) is 6.10. The highest BCUT2D eigenvalue weighted by atomic mass is 16.2. The van der Waals surface area contributed by atoms with Gasteiger partial charge in [-0.25, -0.2) is 0 Å². The molecule has 0 saturated carbocycles. The highest BCUT2D eigenvalue weighted by molar-refractivity contribution is 5.90. The van der Waals surface area contributed by atoms with Crippen molar-refractivity contribution in [2.45, 2.75) is 46.2 Å². The SMILES string of the molecule is CC(C)NC(=O)[CH]CC(=O)N(C)C(C)C. The van der Waals surface area contributed by atoms with Crippen LogP contribution in [-0.4, -0.2) is 35.8 Å². The molecule has 0 aliphatic heterocycles. The van der Waals surface area contributed by atoms with Crippen LogP contribution in [0.5, 0.6) is 0 Å². The molecule has 0 aromatic carbocycles. The van der Waals surface area contributed by atoms with Gasteiger partial charge >= 0.3 is 0 Å². The van der Waals surface area contributed by atoms with Gasteiger partial charge in [0.25, 0.3) is 0 Å². The third-order valence-corrected chi connectivity index (χ3v) is 2.06. The van der Waals surface area contributed by atoms with Crippen molar-refractivity contribution in [2.75, 3.05) is 7.05 Å². The van der Waals surface area contributed by atoms with Crippen LogP contribution in [0, 0.1) is 6.42 Å². The molecule has 0 aliphatic rings. The molecular formula is C11H21N2O2. The van der Waals surface area contributed by atoms with E-state index in [2.05, 4.69) is 5.32 Å². The smallest absolute Gasteiger partial charge is 0.224 e. The summed E-state index contributed by atoms with van der Waals surface area (Å²) in [4.78, 5) is 24.3. The van der Waals surface area contributed by atoms with Crippen molar-refractivity contribution in [2.24, 2.45) is 0 Å². The molecule has 0 heterocycles. The fourth-order valence-corrected chi connectivity index (χ4v) is 0.955. The van der Waals surface area contributed by atoms with Gasteiger partial charge in [0, 0.05) is 25.6 Å². The number of carbonyl (C=O) groups is 2. The molecule has 4 heteroatoms. The molecule has 15 heavy (non-hydrogen) atoms. The zero-order chi connectivity index (χ0) is 12.0. The van der Waals surface area contributed by atoms with Gasteiger partial charge in [0.05, 0.1) is 6.42 Å². The van der Waals surface area contributed by atoms with E-state index in [1.807, 2.05) is 27.7 Å². The Balaban J connectivity index is 3.85. The van der Waals surface area contributed by atoms with Crippen LogP contribution in [-0.2, 0) is 9.59 Å². The molecule has 0 unspecified atom stereocenters. The first-order chi connectivity index (χ1) is 6.84. The van der Waals surface area contributed by atoms with Crippen LogP contribution in [0.4, 0.5) is 0 Å². The van der Waals surface area contributed by atoms with Gasteiger partial charge in [-0.05, 0) is 27.7 Å². The van der Waals surface area contributed by atoms with Crippen molar-refractivity contribution in [3.05, 3.63) is 6.42 Å². The number of nitrogens with one attached hydrogen (secondary N) is 1. The summed E-state index contributed by atoms with van der Waals surface area (Å²) in [6.45, 7) is 7.64. The van der Waals surface area contributed by atoms with Gasteiger partial charge in [-0.3, -0.25) is 9.59 Å². The van der Waals surface area contributed by atoms with Crippen molar-refractivity contribution in [3.8, 4) is 0 Å². The van der Waals surface area contributed by atoms with Crippen LogP contribution < -0.4 is 5.32 Å². The zero-order valence-corrected chi connectivity index (χ0v) is 10.2. The van der Waals surface area contributed by atoms with Gasteiger partial charge in [-0.2, -0.15) is 0 Å². The van der Waals surface area contributed by atoms with Crippen molar-refractivity contribution in [1.82, 2.24) is 10.2 Å². The molecule has 0 rings (SSSR count). The second-order valence-electron chi connectivity index (χ2n) is 4.17. The lowest BCUT2D eigenvalue weighted by atomic mass is 10.2. The Morgan fingerprint density at radius 3 is 2.20 bits per heavy atom. The normalized spacial score (nSPS) is 10.6. The van der Waals surface area contributed by atoms with Crippen molar-refractivity contribution in [1.29, 1.82) is 0 Å². The van der Waals surface area contributed by atoms with Crippen molar-refractivity contribution in [3.63, 3.8) is 0 Å². The summed E-state index contributed by atoms with van der Waals surface area (Å²) in [7, 11) is 1.74. The number of hydrogen-bond acceptors (Lipinski definition) is 2. The monoisotopic (exact) mass is 213 g/mol. The Labute approximate surface area is 92.0 Å². The zero-order valence-electron chi connectivity index (χ0n) is 10.2. The Bertz CT molecular complexity index is 225. The standard InChI is InChI=1S/C11H21N2O2/c1-8(2)12-10(14)6-7-11(15)13(5)9(3)4/h6,8-9H,7H2,1-5H3,(H,12,14). The summed E-state index contributed by atoms with van der Waals surface area (Å²) in [5, 5.41) is 2.70. The predicted molar refractivity (Wildman–Crippen MR) is 60.1 cm³/mol. The number of carbonyl (C=O) groups excluding carboxylic acids is 2. The lowest BCUT2D eigenvalue weighted by Crippen LogP contribution is -2.35. The molecule has 2 amide bonds. The van der Waals surface area contributed by atoms with E-state index in [0.717, 1.165) is 0 Å². The summed E-state index contributed by atoms with van der Waals surface area (Å²) >= 11 is 0. The van der Waals surface area contributed by atoms with E-state index in [0.29, 0.717) is 0 Å². The van der Waals surface area contributed by atoms with Gasteiger partial charge in [0.1, 0.15) is 0 Å². The molecule has 1 radical (unpaired) electrons. The van der Waals surface area contributed by atoms with Gasteiger partial charge in [-0.1, -0.05) is 0 Å². The van der Waals surface area contributed by atoms with Gasteiger partial charge < -0.3 is 10.2 Å². The van der Waals surface area contributed by atoms with E-state index in [4.69, 9.17) is 0 Å². The Morgan fingerprint density at radius 1 is 1.27 bits per heavy atom. The maximum atomic E-state index is 11.5. The van der Waals surface area contributed by atoms with E-state index in [-0.39, 0.29) is 30.3 Å². The van der Waals surface area contributed by atoms with Gasteiger partial charge in [-0.15, -0.1) is 0 Å². The molecule has 1 N–H and O–H groups in total. The summed E-state index contributed by atoms with van der Waals surface area (Å²) in [6.07, 6.45) is 1.55. The average molecular weight is 213 g/mol. The second-order valence-corrected chi connectivity index (χ2v) is 4.17. The lowest BCUT2D eigenvalue weighted by molar-refractivity contribution is -0.132. The molecule has 0 bridgehead atoms. The van der Waals surface area contributed by atoms with E-state index in [1.165, 1.54) is 6.42 Å². The van der Waals surface area contributed by atoms with Crippen LogP contribution in [0.3, 0.4) is 0 Å². The maximum absolute atomic E-state index is 11.5. The summed E-state index contributed by atoms with van der Waals surface area (Å²) in [5.41, 5.74) is 0. The van der Waals surface area contributed by atoms with Crippen molar-refractivity contribution < 1.29 is 9.59 Å². The first-order valence-electron chi connectivity index (χ1n) is 5.24. The number of hydrogen-bond donors (Lipinski definition) is 1. The molecule has 0 saturated heterocycles. The first kappa shape index (κ1) is 13.9. The number of amides is 2. The van der Waals surface area contributed by atoms with E-state index < -0.39 is 0 Å². The second kappa shape index (κ2) is 6.43. The fraction of sp³-hybridized carbons (Fsp3) is 0.727. The predicted octanol–water partition coefficient (Wildman–Crippen LogP) is 0.972. The third-order valence-electron chi connectivity index (χ3n) is 2.06. The van der Waals surface area contributed by atoms with Crippen molar-refractivity contribution >= 4 is 11.8 Å². The Morgan fingerprint density at radius 2 is 1.80 bits per heavy atom. The van der Waals surface area contributed by atoms with Crippen LogP contribution in [0.1, 0.15) is 34.1 Å². The summed E-state index contributed by atoms with van der Waals surface area (Å²) in [5.74, 6) is -0.223. The molecule has 4 nitrogen and oxygen atoms in total. The van der Waals surface area contributed by atoms with Crippen LogP contribution in [0.15, 0.2) is 0 Å².